The molecule has 3 aromatic rings. The molecule has 0 aliphatic rings. The normalized spacial score (nSPS) is 10.7. The van der Waals surface area contributed by atoms with E-state index in [1.54, 1.807) is 18.7 Å². The summed E-state index contributed by atoms with van der Waals surface area (Å²) in [5.41, 5.74) is 0.970. The molecule has 0 aromatic carbocycles. The van der Waals surface area contributed by atoms with Gasteiger partial charge in [-0.1, -0.05) is 11.6 Å². The first-order chi connectivity index (χ1) is 9.81. The number of nitrogens with zero attached hydrogens (tertiary/aromatic N) is 2. The molecular weight excluding hydrogens is 276 g/mol. The number of hydrogen-bond acceptors (Lipinski definition) is 4. The summed E-state index contributed by atoms with van der Waals surface area (Å²) in [7, 11) is 0. The minimum atomic E-state index is 0.464. The Hall–Kier alpha value is -2.20. The summed E-state index contributed by atoms with van der Waals surface area (Å²) in [4.78, 5) is 6.12. The van der Waals surface area contributed by atoms with Crippen LogP contribution in [0.25, 0.3) is 0 Å². The SMILES string of the molecule is Clc1cc(N(Cc2ccco2)Cc2ccco2)ccn1. The second kappa shape index (κ2) is 5.84. The highest BCUT2D eigenvalue weighted by atomic mass is 35.5. The van der Waals surface area contributed by atoms with Crippen molar-refractivity contribution in [2.45, 2.75) is 13.1 Å². The molecule has 0 aliphatic carbocycles. The van der Waals surface area contributed by atoms with Crippen molar-refractivity contribution in [3.63, 3.8) is 0 Å². The van der Waals surface area contributed by atoms with E-state index in [1.807, 2.05) is 36.4 Å². The Kier molecular flexibility index (Phi) is 3.74. The topological polar surface area (TPSA) is 42.4 Å². The van der Waals surface area contributed by atoms with Gasteiger partial charge in [0, 0.05) is 11.9 Å². The summed E-state index contributed by atoms with van der Waals surface area (Å²) in [5, 5.41) is 0.464. The Labute approximate surface area is 121 Å². The van der Waals surface area contributed by atoms with Crippen molar-refractivity contribution >= 4 is 17.3 Å². The third kappa shape index (κ3) is 3.03. The molecule has 0 radical (unpaired) electrons. The Balaban J connectivity index is 1.86. The fourth-order valence-electron chi connectivity index (χ4n) is 2.01. The van der Waals surface area contributed by atoms with Gasteiger partial charge in [0.2, 0.25) is 0 Å². The summed E-state index contributed by atoms with van der Waals surface area (Å²) in [6.45, 7) is 1.27. The maximum absolute atomic E-state index is 5.97. The van der Waals surface area contributed by atoms with E-state index in [2.05, 4.69) is 9.88 Å². The number of furan rings is 2. The van der Waals surface area contributed by atoms with Crippen LogP contribution in [0.3, 0.4) is 0 Å². The summed E-state index contributed by atoms with van der Waals surface area (Å²) < 4.78 is 10.8. The lowest BCUT2D eigenvalue weighted by Gasteiger charge is -2.22. The van der Waals surface area contributed by atoms with Crippen LogP contribution >= 0.6 is 11.6 Å². The number of pyridine rings is 1. The molecule has 0 saturated carbocycles. The molecule has 0 atom stereocenters. The molecule has 0 saturated heterocycles. The zero-order valence-electron chi connectivity index (χ0n) is 10.7. The number of halogens is 1. The zero-order chi connectivity index (χ0) is 13.8. The number of hydrogen-bond donors (Lipinski definition) is 0. The van der Waals surface area contributed by atoms with Gasteiger partial charge in [0.05, 0.1) is 25.6 Å². The van der Waals surface area contributed by atoms with Gasteiger partial charge in [-0.2, -0.15) is 0 Å². The lowest BCUT2D eigenvalue weighted by atomic mass is 10.3. The first-order valence-electron chi connectivity index (χ1n) is 6.22. The van der Waals surface area contributed by atoms with Crippen LogP contribution in [0.15, 0.2) is 64.0 Å². The molecule has 0 fully saturated rings. The van der Waals surface area contributed by atoms with Crippen LogP contribution in [-0.4, -0.2) is 4.98 Å². The summed E-state index contributed by atoms with van der Waals surface area (Å²) in [5.74, 6) is 1.76. The molecule has 5 heteroatoms. The molecule has 0 spiro atoms. The van der Waals surface area contributed by atoms with Crippen LogP contribution < -0.4 is 4.90 Å². The molecule has 0 unspecified atom stereocenters. The van der Waals surface area contributed by atoms with Crippen LogP contribution in [0.1, 0.15) is 11.5 Å². The van der Waals surface area contributed by atoms with Crippen molar-refractivity contribution in [3.8, 4) is 0 Å². The average Bonchev–Trinajstić information content (AvgIpc) is 3.11. The Bertz CT molecular complexity index is 614. The highest BCUT2D eigenvalue weighted by Crippen LogP contribution is 2.22. The summed E-state index contributed by atoms with van der Waals surface area (Å²) in [6.07, 6.45) is 5.02. The zero-order valence-corrected chi connectivity index (χ0v) is 11.5. The van der Waals surface area contributed by atoms with Gasteiger partial charge < -0.3 is 13.7 Å². The second-order valence-electron chi connectivity index (χ2n) is 4.35. The lowest BCUT2D eigenvalue weighted by molar-refractivity contribution is 0.477. The van der Waals surface area contributed by atoms with Crippen LogP contribution in [0.2, 0.25) is 5.15 Å². The Morgan fingerprint density at radius 1 is 1.00 bits per heavy atom. The van der Waals surface area contributed by atoms with E-state index in [9.17, 15) is 0 Å². The van der Waals surface area contributed by atoms with Crippen molar-refractivity contribution in [1.82, 2.24) is 4.98 Å². The third-order valence-electron chi connectivity index (χ3n) is 2.93. The first kappa shape index (κ1) is 12.8. The van der Waals surface area contributed by atoms with Crippen molar-refractivity contribution in [3.05, 3.63) is 71.8 Å². The maximum atomic E-state index is 5.97. The van der Waals surface area contributed by atoms with Gasteiger partial charge in [0.25, 0.3) is 0 Å². The van der Waals surface area contributed by atoms with E-state index in [1.165, 1.54) is 0 Å². The largest absolute Gasteiger partial charge is 0.467 e. The quantitative estimate of drug-likeness (QED) is 0.662. The molecule has 4 nitrogen and oxygen atoms in total. The van der Waals surface area contributed by atoms with Crippen LogP contribution in [0.5, 0.6) is 0 Å². The fraction of sp³-hybridized carbons (Fsp3) is 0.133. The van der Waals surface area contributed by atoms with E-state index < -0.39 is 0 Å². The number of aromatic nitrogens is 1. The monoisotopic (exact) mass is 288 g/mol. The van der Waals surface area contributed by atoms with Gasteiger partial charge in [0.15, 0.2) is 0 Å². The molecule has 102 valence electrons. The molecule has 0 amide bonds. The fourth-order valence-corrected chi connectivity index (χ4v) is 2.18. The smallest absolute Gasteiger partial charge is 0.131 e. The van der Waals surface area contributed by atoms with Crippen molar-refractivity contribution in [2.75, 3.05) is 4.90 Å². The average molecular weight is 289 g/mol. The van der Waals surface area contributed by atoms with E-state index in [0.29, 0.717) is 18.2 Å². The highest BCUT2D eigenvalue weighted by Gasteiger charge is 2.12. The minimum absolute atomic E-state index is 0.464. The van der Waals surface area contributed by atoms with Crippen LogP contribution in [0, 0.1) is 0 Å². The number of rotatable bonds is 5. The molecule has 0 bridgehead atoms. The first-order valence-corrected chi connectivity index (χ1v) is 6.60. The predicted molar refractivity (Wildman–Crippen MR) is 76.6 cm³/mol. The highest BCUT2D eigenvalue weighted by molar-refractivity contribution is 6.29. The van der Waals surface area contributed by atoms with Gasteiger partial charge in [0.1, 0.15) is 16.7 Å². The molecule has 3 rings (SSSR count). The van der Waals surface area contributed by atoms with E-state index in [-0.39, 0.29) is 0 Å². The minimum Gasteiger partial charge on any atom is -0.467 e. The number of anilines is 1. The van der Waals surface area contributed by atoms with Gasteiger partial charge in [-0.25, -0.2) is 4.98 Å². The third-order valence-corrected chi connectivity index (χ3v) is 3.14. The summed E-state index contributed by atoms with van der Waals surface area (Å²) >= 11 is 5.97. The lowest BCUT2D eigenvalue weighted by Crippen LogP contribution is -2.21. The van der Waals surface area contributed by atoms with E-state index in [0.717, 1.165) is 17.2 Å². The molecule has 0 N–H and O–H groups in total. The van der Waals surface area contributed by atoms with Crippen LogP contribution in [-0.2, 0) is 13.1 Å². The van der Waals surface area contributed by atoms with Crippen molar-refractivity contribution in [2.24, 2.45) is 0 Å². The molecular formula is C15H13ClN2O2. The van der Waals surface area contributed by atoms with Gasteiger partial charge >= 0.3 is 0 Å². The Morgan fingerprint density at radius 3 is 2.15 bits per heavy atom. The van der Waals surface area contributed by atoms with E-state index >= 15 is 0 Å². The second-order valence-corrected chi connectivity index (χ2v) is 4.74. The van der Waals surface area contributed by atoms with E-state index in [4.69, 9.17) is 20.4 Å². The molecule has 20 heavy (non-hydrogen) atoms. The predicted octanol–water partition coefficient (Wildman–Crippen LogP) is 4.13. The van der Waals surface area contributed by atoms with Crippen molar-refractivity contribution in [1.29, 1.82) is 0 Å². The molecule has 3 heterocycles. The molecule has 3 aromatic heterocycles. The van der Waals surface area contributed by atoms with Gasteiger partial charge in [-0.3, -0.25) is 0 Å². The molecule has 0 aliphatic heterocycles. The van der Waals surface area contributed by atoms with Gasteiger partial charge in [-0.15, -0.1) is 0 Å². The van der Waals surface area contributed by atoms with Crippen molar-refractivity contribution < 1.29 is 8.83 Å². The van der Waals surface area contributed by atoms with Crippen LogP contribution in [0.4, 0.5) is 5.69 Å². The van der Waals surface area contributed by atoms with Gasteiger partial charge in [-0.05, 0) is 36.4 Å². The summed E-state index contributed by atoms with van der Waals surface area (Å²) in [6, 6.07) is 11.4. The maximum Gasteiger partial charge on any atom is 0.131 e. The standard InChI is InChI=1S/C15H13ClN2O2/c16-15-9-12(5-6-17-15)18(10-13-3-1-7-19-13)11-14-4-2-8-20-14/h1-9H,10-11H2. The Morgan fingerprint density at radius 2 is 1.65 bits per heavy atom.